The molecule has 1 aromatic heterocycles. The van der Waals surface area contributed by atoms with Crippen LogP contribution >= 0.6 is 22.6 Å². The Morgan fingerprint density at radius 2 is 2.31 bits per heavy atom. The Bertz CT molecular complexity index is 333. The van der Waals surface area contributed by atoms with E-state index in [4.69, 9.17) is 4.74 Å². The van der Waals surface area contributed by atoms with Gasteiger partial charge >= 0.3 is 0 Å². The Labute approximate surface area is 110 Å². The predicted molar refractivity (Wildman–Crippen MR) is 73.8 cm³/mol. The number of nitrogens with one attached hydrogen (secondary N) is 1. The lowest BCUT2D eigenvalue weighted by Crippen LogP contribution is -2.11. The molecule has 1 N–H and O–H groups in total. The van der Waals surface area contributed by atoms with Crippen molar-refractivity contribution in [1.82, 2.24) is 9.97 Å². The van der Waals surface area contributed by atoms with Gasteiger partial charge in [0.2, 0.25) is 0 Å². The zero-order chi connectivity index (χ0) is 12.0. The number of rotatable bonds is 6. The molecule has 1 rings (SSSR count). The third-order valence-electron chi connectivity index (χ3n) is 2.16. The first-order valence-electron chi connectivity index (χ1n) is 5.44. The van der Waals surface area contributed by atoms with Crippen LogP contribution < -0.4 is 5.32 Å². The van der Waals surface area contributed by atoms with Crippen molar-refractivity contribution in [2.75, 3.05) is 25.6 Å². The molecule has 1 atom stereocenters. The molecule has 0 radical (unpaired) electrons. The van der Waals surface area contributed by atoms with Gasteiger partial charge in [-0.15, -0.1) is 0 Å². The zero-order valence-electron chi connectivity index (χ0n) is 9.96. The molecule has 90 valence electrons. The predicted octanol–water partition coefficient (Wildman–Crippen LogP) is 2.65. The molecule has 0 aliphatic rings. The molecule has 0 saturated carbocycles. The summed E-state index contributed by atoms with van der Waals surface area (Å²) in [5.74, 6) is 1.99. The molecule has 0 amide bonds. The standard InChI is InChI=1S/C11H18IN3O/c1-4-5-13-11-9(12)6-14-10(15-11)8(2)7-16-3/h6,8H,4-5,7H2,1-3H3,(H,13,14,15). The van der Waals surface area contributed by atoms with Gasteiger partial charge in [-0.1, -0.05) is 13.8 Å². The van der Waals surface area contributed by atoms with E-state index in [2.05, 4.69) is 51.7 Å². The number of methoxy groups -OCH3 is 1. The van der Waals surface area contributed by atoms with Gasteiger partial charge < -0.3 is 10.1 Å². The number of nitrogens with zero attached hydrogens (tertiary/aromatic N) is 2. The molecule has 0 aliphatic heterocycles. The molecule has 4 nitrogen and oxygen atoms in total. The summed E-state index contributed by atoms with van der Waals surface area (Å²) >= 11 is 2.24. The van der Waals surface area contributed by atoms with Crippen molar-refractivity contribution in [3.63, 3.8) is 0 Å². The molecule has 0 bridgehead atoms. The van der Waals surface area contributed by atoms with E-state index < -0.39 is 0 Å². The van der Waals surface area contributed by atoms with E-state index in [1.807, 2.05) is 6.20 Å². The molecule has 0 aliphatic carbocycles. The first kappa shape index (κ1) is 13.6. The van der Waals surface area contributed by atoms with Crippen molar-refractivity contribution < 1.29 is 4.74 Å². The number of halogens is 1. The summed E-state index contributed by atoms with van der Waals surface area (Å²) < 4.78 is 6.16. The third kappa shape index (κ3) is 3.86. The van der Waals surface area contributed by atoms with E-state index in [1.165, 1.54) is 0 Å². The first-order valence-corrected chi connectivity index (χ1v) is 6.52. The van der Waals surface area contributed by atoms with Crippen LogP contribution in [0.4, 0.5) is 5.82 Å². The first-order chi connectivity index (χ1) is 7.69. The summed E-state index contributed by atoms with van der Waals surface area (Å²) in [6, 6.07) is 0. The van der Waals surface area contributed by atoms with Crippen LogP contribution in [0.25, 0.3) is 0 Å². The van der Waals surface area contributed by atoms with Crippen LogP contribution in [0.2, 0.25) is 0 Å². The number of anilines is 1. The van der Waals surface area contributed by atoms with Crippen molar-refractivity contribution in [2.24, 2.45) is 0 Å². The van der Waals surface area contributed by atoms with Crippen molar-refractivity contribution in [3.8, 4) is 0 Å². The molecule has 1 aromatic rings. The molecule has 1 unspecified atom stereocenters. The van der Waals surface area contributed by atoms with Gasteiger partial charge in [0, 0.05) is 25.8 Å². The molecule has 16 heavy (non-hydrogen) atoms. The van der Waals surface area contributed by atoms with Gasteiger partial charge in [-0.05, 0) is 29.0 Å². The van der Waals surface area contributed by atoms with Gasteiger partial charge in [0.25, 0.3) is 0 Å². The minimum Gasteiger partial charge on any atom is -0.384 e. The van der Waals surface area contributed by atoms with Gasteiger partial charge in [0.05, 0.1) is 10.2 Å². The highest BCUT2D eigenvalue weighted by molar-refractivity contribution is 14.1. The number of ether oxygens (including phenoxy) is 1. The average Bonchev–Trinajstić information content (AvgIpc) is 2.28. The summed E-state index contributed by atoms with van der Waals surface area (Å²) in [7, 11) is 1.69. The Morgan fingerprint density at radius 1 is 1.56 bits per heavy atom. The highest BCUT2D eigenvalue weighted by atomic mass is 127. The smallest absolute Gasteiger partial charge is 0.143 e. The molecule has 5 heteroatoms. The lowest BCUT2D eigenvalue weighted by Gasteiger charge is -2.12. The van der Waals surface area contributed by atoms with E-state index in [0.717, 1.165) is 28.2 Å². The summed E-state index contributed by atoms with van der Waals surface area (Å²) in [5.41, 5.74) is 0. The van der Waals surface area contributed by atoms with Crippen molar-refractivity contribution >= 4 is 28.4 Å². The average molecular weight is 335 g/mol. The second-order valence-electron chi connectivity index (χ2n) is 3.71. The quantitative estimate of drug-likeness (QED) is 0.812. The number of hydrogen-bond donors (Lipinski definition) is 1. The normalized spacial score (nSPS) is 12.5. The van der Waals surface area contributed by atoms with Crippen LogP contribution in [0.15, 0.2) is 6.20 Å². The maximum absolute atomic E-state index is 5.11. The lowest BCUT2D eigenvalue weighted by molar-refractivity contribution is 0.181. The second kappa shape index (κ2) is 7.01. The monoisotopic (exact) mass is 335 g/mol. The van der Waals surface area contributed by atoms with E-state index in [-0.39, 0.29) is 5.92 Å². The largest absolute Gasteiger partial charge is 0.384 e. The van der Waals surface area contributed by atoms with Crippen molar-refractivity contribution in [2.45, 2.75) is 26.2 Å². The molecule has 0 fully saturated rings. The highest BCUT2D eigenvalue weighted by Gasteiger charge is 2.11. The van der Waals surface area contributed by atoms with Gasteiger partial charge in [-0.2, -0.15) is 0 Å². The fraction of sp³-hybridized carbons (Fsp3) is 0.636. The van der Waals surface area contributed by atoms with E-state index >= 15 is 0 Å². The second-order valence-corrected chi connectivity index (χ2v) is 4.87. The molecule has 1 heterocycles. The van der Waals surface area contributed by atoms with Crippen molar-refractivity contribution in [3.05, 3.63) is 15.6 Å². The Kier molecular flexibility index (Phi) is 5.97. The summed E-state index contributed by atoms with van der Waals surface area (Å²) in [5, 5.41) is 3.30. The zero-order valence-corrected chi connectivity index (χ0v) is 12.1. The fourth-order valence-electron chi connectivity index (χ4n) is 1.31. The molecular formula is C11H18IN3O. The van der Waals surface area contributed by atoms with Crippen molar-refractivity contribution in [1.29, 1.82) is 0 Å². The molecule has 0 spiro atoms. The topological polar surface area (TPSA) is 47.0 Å². The van der Waals surface area contributed by atoms with Gasteiger partial charge in [0.15, 0.2) is 0 Å². The van der Waals surface area contributed by atoms with Gasteiger partial charge in [-0.3, -0.25) is 0 Å². The van der Waals surface area contributed by atoms with E-state index in [9.17, 15) is 0 Å². The van der Waals surface area contributed by atoms with Crippen LogP contribution in [-0.4, -0.2) is 30.2 Å². The Hall–Kier alpha value is -0.430. The molecule has 0 aromatic carbocycles. The van der Waals surface area contributed by atoms with Crippen LogP contribution in [0.1, 0.15) is 32.0 Å². The minimum absolute atomic E-state index is 0.226. The van der Waals surface area contributed by atoms with Crippen LogP contribution in [0.5, 0.6) is 0 Å². The van der Waals surface area contributed by atoms with Crippen LogP contribution in [-0.2, 0) is 4.74 Å². The minimum atomic E-state index is 0.226. The summed E-state index contributed by atoms with van der Waals surface area (Å²) in [4.78, 5) is 8.85. The molecular weight excluding hydrogens is 317 g/mol. The SMILES string of the molecule is CCCNc1nc(C(C)COC)ncc1I. The number of hydrogen-bond acceptors (Lipinski definition) is 4. The highest BCUT2D eigenvalue weighted by Crippen LogP contribution is 2.18. The van der Waals surface area contributed by atoms with Gasteiger partial charge in [0.1, 0.15) is 11.6 Å². The fourth-order valence-corrected chi connectivity index (χ4v) is 1.76. The summed E-state index contributed by atoms with van der Waals surface area (Å²) in [6.45, 7) is 5.78. The lowest BCUT2D eigenvalue weighted by atomic mass is 10.2. The van der Waals surface area contributed by atoms with E-state index in [0.29, 0.717) is 6.61 Å². The van der Waals surface area contributed by atoms with Crippen LogP contribution in [0.3, 0.4) is 0 Å². The molecule has 0 saturated heterocycles. The van der Waals surface area contributed by atoms with Gasteiger partial charge in [-0.25, -0.2) is 9.97 Å². The third-order valence-corrected chi connectivity index (χ3v) is 2.95. The van der Waals surface area contributed by atoms with E-state index in [1.54, 1.807) is 7.11 Å². The maximum Gasteiger partial charge on any atom is 0.143 e. The maximum atomic E-state index is 5.11. The summed E-state index contributed by atoms with van der Waals surface area (Å²) in [6.07, 6.45) is 2.94. The Morgan fingerprint density at radius 3 is 2.94 bits per heavy atom. The Balaban J connectivity index is 2.80. The number of aromatic nitrogens is 2. The van der Waals surface area contributed by atoms with Crippen LogP contribution in [0, 0.1) is 3.57 Å².